The molecule has 1 rings (SSSR count). The maximum Gasteiger partial charge on any atom is 0.306 e. The number of ether oxygens (including phenoxy) is 1. The molecule has 1 aromatic rings. The van der Waals surface area contributed by atoms with E-state index in [1.807, 2.05) is 0 Å². The van der Waals surface area contributed by atoms with E-state index in [-0.39, 0.29) is 18.8 Å². The highest BCUT2D eigenvalue weighted by molar-refractivity contribution is 5.75. The Bertz CT molecular complexity index is 458. The minimum atomic E-state index is -0.924. The van der Waals surface area contributed by atoms with Crippen molar-refractivity contribution in [3.8, 4) is 0 Å². The predicted molar refractivity (Wildman–Crippen MR) is 65.6 cm³/mol. The monoisotopic (exact) mass is 270 g/mol. The van der Waals surface area contributed by atoms with Crippen LogP contribution < -0.4 is 0 Å². The summed E-state index contributed by atoms with van der Waals surface area (Å²) in [4.78, 5) is 22.0. The van der Waals surface area contributed by atoms with Crippen molar-refractivity contribution in [3.63, 3.8) is 0 Å². The first-order valence-electron chi connectivity index (χ1n) is 6.08. The molecule has 0 aliphatic heterocycles. The fourth-order valence-corrected chi connectivity index (χ4v) is 1.52. The van der Waals surface area contributed by atoms with Crippen LogP contribution in [-0.4, -0.2) is 18.4 Å². The Morgan fingerprint density at radius 1 is 1.16 bits per heavy atom. The van der Waals surface area contributed by atoms with Gasteiger partial charge in [-0.2, -0.15) is 0 Å². The minimum absolute atomic E-state index is 0.0536. The molecule has 0 amide bonds. The van der Waals surface area contributed by atoms with Gasteiger partial charge in [0, 0.05) is 12.8 Å². The highest BCUT2D eigenvalue weighted by atomic mass is 19.2. The molecule has 0 fully saturated rings. The molecule has 0 heterocycles. The normalized spacial score (nSPS) is 10.3. The molecule has 0 saturated heterocycles. The molecule has 0 N–H and O–H groups in total. The van der Waals surface area contributed by atoms with Crippen LogP contribution in [0, 0.1) is 11.6 Å². The number of hydrogen-bond donors (Lipinski definition) is 0. The lowest BCUT2D eigenvalue weighted by molar-refractivity contribution is -0.144. The Morgan fingerprint density at radius 2 is 1.89 bits per heavy atom. The molecule has 0 spiro atoms. The van der Waals surface area contributed by atoms with Gasteiger partial charge in [-0.25, -0.2) is 8.78 Å². The third kappa shape index (κ3) is 6.08. The maximum absolute atomic E-state index is 12.9. The molecule has 19 heavy (non-hydrogen) atoms. The van der Waals surface area contributed by atoms with Gasteiger partial charge >= 0.3 is 5.97 Å². The fraction of sp³-hybridized carbons (Fsp3) is 0.429. The summed E-state index contributed by atoms with van der Waals surface area (Å²) in [7, 11) is 0. The fourth-order valence-electron chi connectivity index (χ4n) is 1.52. The second kappa shape index (κ2) is 7.61. The molecule has 0 unspecified atom stereocenters. The van der Waals surface area contributed by atoms with Gasteiger partial charge in [-0.1, -0.05) is 6.07 Å². The van der Waals surface area contributed by atoms with Crippen LogP contribution >= 0.6 is 0 Å². The van der Waals surface area contributed by atoms with E-state index in [0.717, 1.165) is 12.1 Å². The molecule has 104 valence electrons. The lowest BCUT2D eigenvalue weighted by atomic mass is 10.1. The quantitative estimate of drug-likeness (QED) is 0.565. The van der Waals surface area contributed by atoms with E-state index in [0.29, 0.717) is 24.8 Å². The Hall–Kier alpha value is -1.78. The molecular formula is C14H16F2O3. The van der Waals surface area contributed by atoms with Crippen molar-refractivity contribution in [2.24, 2.45) is 0 Å². The van der Waals surface area contributed by atoms with Gasteiger partial charge in [0.05, 0.1) is 6.61 Å². The molecule has 1 aromatic carbocycles. The van der Waals surface area contributed by atoms with Crippen LogP contribution in [0.2, 0.25) is 0 Å². The van der Waals surface area contributed by atoms with Crippen molar-refractivity contribution in [3.05, 3.63) is 35.4 Å². The Morgan fingerprint density at radius 3 is 2.53 bits per heavy atom. The molecule has 0 aliphatic carbocycles. The number of rotatable bonds is 7. The number of halogens is 2. The topological polar surface area (TPSA) is 43.4 Å². The first kappa shape index (κ1) is 15.3. The molecule has 0 aromatic heterocycles. The zero-order valence-electron chi connectivity index (χ0n) is 10.7. The molecule has 5 heteroatoms. The standard InChI is InChI=1S/C14H16F2O3/c1-10(17)3-2-8-19-14(18)7-5-11-4-6-12(15)13(16)9-11/h4,6,9H,2-3,5,7-8H2,1H3. The van der Waals surface area contributed by atoms with Crippen LogP contribution in [0.4, 0.5) is 8.78 Å². The first-order chi connectivity index (χ1) is 8.99. The van der Waals surface area contributed by atoms with E-state index in [4.69, 9.17) is 4.74 Å². The van der Waals surface area contributed by atoms with E-state index in [9.17, 15) is 18.4 Å². The third-order valence-electron chi connectivity index (χ3n) is 2.54. The Balaban J connectivity index is 2.26. The second-order valence-electron chi connectivity index (χ2n) is 4.27. The van der Waals surface area contributed by atoms with Crippen LogP contribution in [0.3, 0.4) is 0 Å². The summed E-state index contributed by atoms with van der Waals surface area (Å²) in [5, 5.41) is 0. The molecule has 0 bridgehead atoms. The van der Waals surface area contributed by atoms with Crippen molar-refractivity contribution in [2.45, 2.75) is 32.6 Å². The van der Waals surface area contributed by atoms with Crippen LogP contribution in [0.5, 0.6) is 0 Å². The van der Waals surface area contributed by atoms with E-state index >= 15 is 0 Å². The number of Topliss-reactive ketones (excluding diaryl/α,β-unsaturated/α-hetero) is 1. The Labute approximate surface area is 110 Å². The summed E-state index contributed by atoms with van der Waals surface area (Å²) in [6.07, 6.45) is 1.29. The van der Waals surface area contributed by atoms with E-state index in [1.165, 1.54) is 13.0 Å². The van der Waals surface area contributed by atoms with Crippen LogP contribution in [0.1, 0.15) is 31.7 Å². The molecule has 0 radical (unpaired) electrons. The largest absolute Gasteiger partial charge is 0.466 e. The highest BCUT2D eigenvalue weighted by Gasteiger charge is 2.06. The average molecular weight is 270 g/mol. The predicted octanol–water partition coefficient (Wildman–Crippen LogP) is 2.81. The summed E-state index contributed by atoms with van der Waals surface area (Å²) in [6, 6.07) is 3.53. The van der Waals surface area contributed by atoms with Crippen molar-refractivity contribution in [1.29, 1.82) is 0 Å². The number of carbonyl (C=O) groups is 2. The van der Waals surface area contributed by atoms with Gasteiger partial charge in [0.2, 0.25) is 0 Å². The number of benzene rings is 1. The van der Waals surface area contributed by atoms with Gasteiger partial charge in [-0.05, 0) is 37.5 Å². The van der Waals surface area contributed by atoms with E-state index in [1.54, 1.807) is 0 Å². The van der Waals surface area contributed by atoms with Crippen LogP contribution in [0.15, 0.2) is 18.2 Å². The first-order valence-corrected chi connectivity index (χ1v) is 6.08. The number of carbonyl (C=O) groups excluding carboxylic acids is 2. The summed E-state index contributed by atoms with van der Waals surface area (Å²) in [5.74, 6) is -2.19. The van der Waals surface area contributed by atoms with Crippen molar-refractivity contribution >= 4 is 11.8 Å². The van der Waals surface area contributed by atoms with Crippen molar-refractivity contribution < 1.29 is 23.1 Å². The SMILES string of the molecule is CC(=O)CCCOC(=O)CCc1ccc(F)c(F)c1. The average Bonchev–Trinajstić information content (AvgIpc) is 2.36. The van der Waals surface area contributed by atoms with E-state index in [2.05, 4.69) is 0 Å². The molecule has 3 nitrogen and oxygen atoms in total. The summed E-state index contributed by atoms with van der Waals surface area (Å²) < 4.78 is 30.5. The Kier molecular flexibility index (Phi) is 6.12. The van der Waals surface area contributed by atoms with Gasteiger partial charge < -0.3 is 9.53 Å². The zero-order chi connectivity index (χ0) is 14.3. The number of aryl methyl sites for hydroxylation is 1. The summed E-state index contributed by atoms with van der Waals surface area (Å²) >= 11 is 0. The van der Waals surface area contributed by atoms with Gasteiger partial charge in [0.1, 0.15) is 5.78 Å². The smallest absolute Gasteiger partial charge is 0.306 e. The maximum atomic E-state index is 12.9. The zero-order valence-corrected chi connectivity index (χ0v) is 10.7. The van der Waals surface area contributed by atoms with Crippen LogP contribution in [-0.2, 0) is 20.7 Å². The summed E-state index contributed by atoms with van der Waals surface area (Å²) in [5.41, 5.74) is 0.541. The number of ketones is 1. The van der Waals surface area contributed by atoms with Gasteiger partial charge in [-0.3, -0.25) is 4.79 Å². The van der Waals surface area contributed by atoms with E-state index < -0.39 is 17.6 Å². The number of esters is 1. The van der Waals surface area contributed by atoms with Gasteiger partial charge in [-0.15, -0.1) is 0 Å². The minimum Gasteiger partial charge on any atom is -0.466 e. The molecule has 0 saturated carbocycles. The van der Waals surface area contributed by atoms with Gasteiger partial charge in [0.25, 0.3) is 0 Å². The van der Waals surface area contributed by atoms with Crippen LogP contribution in [0.25, 0.3) is 0 Å². The second-order valence-corrected chi connectivity index (χ2v) is 4.27. The third-order valence-corrected chi connectivity index (χ3v) is 2.54. The lowest BCUT2D eigenvalue weighted by Gasteiger charge is -2.04. The van der Waals surface area contributed by atoms with Crippen molar-refractivity contribution in [1.82, 2.24) is 0 Å². The highest BCUT2D eigenvalue weighted by Crippen LogP contribution is 2.10. The number of hydrogen-bond acceptors (Lipinski definition) is 3. The molecular weight excluding hydrogens is 254 g/mol. The van der Waals surface area contributed by atoms with Gasteiger partial charge in [0.15, 0.2) is 11.6 Å². The van der Waals surface area contributed by atoms with Crippen molar-refractivity contribution in [2.75, 3.05) is 6.61 Å². The molecule has 0 atom stereocenters. The molecule has 0 aliphatic rings. The summed E-state index contributed by atoms with van der Waals surface area (Å²) in [6.45, 7) is 1.68. The lowest BCUT2D eigenvalue weighted by Crippen LogP contribution is -2.08.